The van der Waals surface area contributed by atoms with Gasteiger partial charge < -0.3 is 9.11 Å². The summed E-state index contributed by atoms with van der Waals surface area (Å²) in [4.78, 5) is 1.44. The average Bonchev–Trinajstić information content (AvgIpc) is 2.40. The summed E-state index contributed by atoms with van der Waals surface area (Å²) in [5.41, 5.74) is 0. The highest BCUT2D eigenvalue weighted by molar-refractivity contribution is 8.08. The molecule has 2 atom stereocenters. The van der Waals surface area contributed by atoms with Crippen LogP contribution in [0.15, 0.2) is 70.5 Å². The molecule has 2 nitrogen and oxygen atoms in total. The third-order valence-electron chi connectivity index (χ3n) is 2.23. The van der Waals surface area contributed by atoms with Crippen LogP contribution in [0.25, 0.3) is 0 Å². The van der Waals surface area contributed by atoms with Crippen molar-refractivity contribution >= 4 is 22.4 Å². The predicted octanol–water partition coefficient (Wildman–Crippen LogP) is 2.56. The first-order valence-electron chi connectivity index (χ1n) is 5.14. The van der Waals surface area contributed by atoms with Crippen molar-refractivity contribution in [3.8, 4) is 0 Å². The smallest absolute Gasteiger partial charge is 0.263 e. The highest BCUT2D eigenvalue weighted by atomic mass is 32.3. The molecule has 0 saturated heterocycles. The van der Waals surface area contributed by atoms with Gasteiger partial charge >= 0.3 is 0 Å². The Balaban J connectivity index is 2.02. The van der Waals surface area contributed by atoms with Crippen LogP contribution in [0.5, 0.6) is 0 Å². The van der Waals surface area contributed by atoms with Crippen LogP contribution in [-0.4, -0.2) is 14.2 Å². The summed E-state index contributed by atoms with van der Waals surface area (Å²) in [6, 6.07) is 18.2. The Hall–Kier alpha value is -0.940. The van der Waals surface area contributed by atoms with Gasteiger partial charge in [-0.3, -0.25) is 0 Å². The molecule has 88 valence electrons. The minimum absolute atomic E-state index is 0.147. The standard InChI is InChI=1S/C13H12O2S2/c14-16(12-7-3-1-4-8-12)11-17(15)13-9-5-2-6-10-13/h1-10H,11H2. The van der Waals surface area contributed by atoms with E-state index in [1.807, 2.05) is 36.4 Å². The average molecular weight is 264 g/mol. The van der Waals surface area contributed by atoms with Gasteiger partial charge in [0.15, 0.2) is 9.79 Å². The zero-order chi connectivity index (χ0) is 12.1. The molecule has 0 amide bonds. The normalized spacial score (nSPS) is 14.2. The van der Waals surface area contributed by atoms with Crippen LogP contribution in [-0.2, 0) is 22.4 Å². The first kappa shape index (κ1) is 12.5. The topological polar surface area (TPSA) is 46.1 Å². The Morgan fingerprint density at radius 1 is 0.647 bits per heavy atom. The molecule has 0 aliphatic rings. The molecule has 2 unspecified atom stereocenters. The largest absolute Gasteiger partial charge is 0.608 e. The van der Waals surface area contributed by atoms with Gasteiger partial charge in [-0.25, -0.2) is 0 Å². The Morgan fingerprint density at radius 3 is 1.35 bits per heavy atom. The second-order valence-electron chi connectivity index (χ2n) is 3.44. The summed E-state index contributed by atoms with van der Waals surface area (Å²) < 4.78 is 23.9. The second-order valence-corrected chi connectivity index (χ2v) is 6.70. The zero-order valence-corrected chi connectivity index (χ0v) is 10.7. The molecule has 0 radical (unpaired) electrons. The van der Waals surface area contributed by atoms with E-state index in [9.17, 15) is 9.11 Å². The van der Waals surface area contributed by atoms with Gasteiger partial charge in [-0.05, 0) is 24.3 Å². The molecule has 0 bridgehead atoms. The van der Waals surface area contributed by atoms with Crippen molar-refractivity contribution in [3.63, 3.8) is 0 Å². The molecule has 0 spiro atoms. The van der Waals surface area contributed by atoms with Crippen molar-refractivity contribution in [2.24, 2.45) is 0 Å². The maximum Gasteiger partial charge on any atom is 0.263 e. The van der Waals surface area contributed by atoms with Gasteiger partial charge in [0, 0.05) is 22.4 Å². The van der Waals surface area contributed by atoms with Crippen LogP contribution in [0, 0.1) is 0 Å². The minimum Gasteiger partial charge on any atom is -0.608 e. The molecule has 0 heterocycles. The maximum atomic E-state index is 11.9. The fourth-order valence-electron chi connectivity index (χ4n) is 1.38. The number of rotatable bonds is 4. The molecular formula is C13H12O2S2. The molecule has 0 saturated carbocycles. The molecule has 0 N–H and O–H groups in total. The van der Waals surface area contributed by atoms with Gasteiger partial charge in [0.2, 0.25) is 0 Å². The Labute approximate surface area is 107 Å². The minimum atomic E-state index is -1.21. The van der Waals surface area contributed by atoms with Crippen LogP contribution < -0.4 is 0 Å². The van der Waals surface area contributed by atoms with Crippen molar-refractivity contribution in [2.75, 3.05) is 5.08 Å². The Kier molecular flexibility index (Phi) is 4.50. The number of benzene rings is 2. The maximum absolute atomic E-state index is 11.9. The van der Waals surface area contributed by atoms with E-state index in [1.54, 1.807) is 24.3 Å². The van der Waals surface area contributed by atoms with E-state index in [0.717, 1.165) is 9.79 Å². The van der Waals surface area contributed by atoms with Gasteiger partial charge in [-0.2, -0.15) is 0 Å². The fourth-order valence-corrected chi connectivity index (χ4v) is 4.17. The van der Waals surface area contributed by atoms with Crippen LogP contribution in [0.2, 0.25) is 0 Å². The van der Waals surface area contributed by atoms with Crippen LogP contribution in [0.3, 0.4) is 0 Å². The molecule has 2 aromatic rings. The van der Waals surface area contributed by atoms with E-state index in [2.05, 4.69) is 0 Å². The monoisotopic (exact) mass is 264 g/mol. The van der Waals surface area contributed by atoms with E-state index >= 15 is 0 Å². The van der Waals surface area contributed by atoms with Crippen molar-refractivity contribution in [3.05, 3.63) is 60.7 Å². The molecule has 2 aromatic carbocycles. The predicted molar refractivity (Wildman–Crippen MR) is 70.6 cm³/mol. The van der Waals surface area contributed by atoms with Crippen LogP contribution >= 0.6 is 0 Å². The number of hydrogen-bond donors (Lipinski definition) is 0. The Bertz CT molecular complexity index is 404. The van der Waals surface area contributed by atoms with Gasteiger partial charge in [0.05, 0.1) is 0 Å². The van der Waals surface area contributed by atoms with E-state index in [4.69, 9.17) is 0 Å². The number of hydrogen-bond acceptors (Lipinski definition) is 2. The van der Waals surface area contributed by atoms with E-state index in [-0.39, 0.29) is 5.08 Å². The summed E-state index contributed by atoms with van der Waals surface area (Å²) >= 11 is -2.43. The SMILES string of the molecule is [O-][S+](C[S+]([O-])c1ccccc1)c1ccccc1. The first-order valence-corrected chi connectivity index (χ1v) is 7.78. The summed E-state index contributed by atoms with van der Waals surface area (Å²) in [5.74, 6) is 0. The third kappa shape index (κ3) is 3.51. The molecule has 0 aliphatic heterocycles. The first-order chi connectivity index (χ1) is 8.27. The highest BCUT2D eigenvalue weighted by Crippen LogP contribution is 2.17. The molecule has 17 heavy (non-hydrogen) atoms. The van der Waals surface area contributed by atoms with Crippen molar-refractivity contribution in [1.82, 2.24) is 0 Å². The fraction of sp³-hybridized carbons (Fsp3) is 0.0769. The lowest BCUT2D eigenvalue weighted by Gasteiger charge is -2.13. The zero-order valence-electron chi connectivity index (χ0n) is 9.11. The molecule has 0 aliphatic carbocycles. The second kappa shape index (κ2) is 6.12. The van der Waals surface area contributed by atoms with Gasteiger partial charge in [-0.15, -0.1) is 0 Å². The third-order valence-corrected chi connectivity index (χ3v) is 5.53. The summed E-state index contributed by atoms with van der Waals surface area (Å²) in [7, 11) is 0. The molecule has 2 rings (SSSR count). The van der Waals surface area contributed by atoms with E-state index in [0.29, 0.717) is 0 Å². The summed E-state index contributed by atoms with van der Waals surface area (Å²) in [6.45, 7) is 0. The quantitative estimate of drug-likeness (QED) is 0.797. The highest BCUT2D eigenvalue weighted by Gasteiger charge is 2.21. The molecule has 4 heteroatoms. The van der Waals surface area contributed by atoms with E-state index < -0.39 is 22.4 Å². The molecule has 0 fully saturated rings. The summed E-state index contributed by atoms with van der Waals surface area (Å²) in [5, 5.41) is 0.147. The summed E-state index contributed by atoms with van der Waals surface area (Å²) in [6.07, 6.45) is 0. The lowest BCUT2D eigenvalue weighted by atomic mass is 10.4. The van der Waals surface area contributed by atoms with E-state index in [1.165, 1.54) is 0 Å². The van der Waals surface area contributed by atoms with Crippen molar-refractivity contribution in [2.45, 2.75) is 9.79 Å². The van der Waals surface area contributed by atoms with Crippen molar-refractivity contribution < 1.29 is 9.11 Å². The molecule has 0 aromatic heterocycles. The lowest BCUT2D eigenvalue weighted by Crippen LogP contribution is -2.16. The van der Waals surface area contributed by atoms with Crippen molar-refractivity contribution in [1.29, 1.82) is 0 Å². The van der Waals surface area contributed by atoms with Crippen LogP contribution in [0.4, 0.5) is 0 Å². The van der Waals surface area contributed by atoms with Gasteiger partial charge in [0.1, 0.15) is 0 Å². The lowest BCUT2D eigenvalue weighted by molar-refractivity contribution is 0.587. The Morgan fingerprint density at radius 2 is 1.00 bits per heavy atom. The van der Waals surface area contributed by atoms with Crippen LogP contribution in [0.1, 0.15) is 0 Å². The van der Waals surface area contributed by atoms with Gasteiger partial charge in [-0.1, -0.05) is 36.4 Å². The van der Waals surface area contributed by atoms with Gasteiger partial charge in [0.25, 0.3) is 5.08 Å². The molecular weight excluding hydrogens is 252 g/mol.